The van der Waals surface area contributed by atoms with Crippen molar-refractivity contribution in [1.29, 1.82) is 0 Å². The second-order valence-corrected chi connectivity index (χ2v) is 2.36. The first kappa shape index (κ1) is 9.23. The maximum absolute atomic E-state index is 9.12. The monoisotopic (exact) mass is 145 g/mol. The van der Waals surface area contributed by atoms with Crippen LogP contribution in [0.3, 0.4) is 0 Å². The van der Waals surface area contributed by atoms with E-state index in [4.69, 9.17) is 15.7 Å². The number of rotatable bonds is 4. The van der Waals surface area contributed by atoms with Crippen LogP contribution in [0.4, 0.5) is 0 Å². The number of hydrogen-bond acceptors (Lipinski definition) is 3. The lowest BCUT2D eigenvalue weighted by atomic mass is 10.0. The van der Waals surface area contributed by atoms with Gasteiger partial charge in [-0.05, 0) is 18.9 Å². The van der Waals surface area contributed by atoms with E-state index in [0.29, 0.717) is 0 Å². The molecule has 1 atom stereocenters. The summed E-state index contributed by atoms with van der Waals surface area (Å²) in [5.41, 5.74) is 6.73. The maximum Gasteiger partial charge on any atom is 0.0850 e. The molecular weight excluding hydrogens is 134 g/mol. The summed E-state index contributed by atoms with van der Waals surface area (Å²) in [5, 5.41) is 20.8. The van der Waals surface area contributed by atoms with Crippen molar-refractivity contribution in [2.75, 3.05) is 13.2 Å². The molecule has 0 saturated heterocycles. The molecule has 0 amide bonds. The van der Waals surface area contributed by atoms with Gasteiger partial charge >= 0.3 is 0 Å². The predicted octanol–water partition coefficient (Wildman–Crippen LogP) is 0.430. The lowest BCUT2D eigenvalue weighted by molar-refractivity contribution is -0.00294. The number of aliphatic hydroxyl groups is 2. The zero-order chi connectivity index (χ0) is 8.04. The van der Waals surface area contributed by atoms with Gasteiger partial charge in [0.1, 0.15) is 0 Å². The van der Waals surface area contributed by atoms with Crippen LogP contribution in [0.15, 0.2) is 5.11 Å². The van der Waals surface area contributed by atoms with Crippen molar-refractivity contribution in [2.45, 2.75) is 18.9 Å². The summed E-state index contributed by atoms with van der Waals surface area (Å²) in [7, 11) is 0. The minimum Gasteiger partial charge on any atom is -0.393 e. The molecule has 10 heavy (non-hydrogen) atoms. The molecule has 0 aliphatic heterocycles. The van der Waals surface area contributed by atoms with Gasteiger partial charge < -0.3 is 10.2 Å². The van der Waals surface area contributed by atoms with Gasteiger partial charge in [0, 0.05) is 11.5 Å². The Kier molecular flexibility index (Phi) is 3.79. The molecule has 0 spiro atoms. The third-order valence-corrected chi connectivity index (χ3v) is 1.15. The molecule has 0 radical (unpaired) electrons. The molecule has 0 aliphatic carbocycles. The SMILES string of the molecule is C[C@@](O)(CO)CCN=[N+]=[N-]. The maximum atomic E-state index is 9.12. The van der Waals surface area contributed by atoms with Crippen LogP contribution in [-0.4, -0.2) is 29.0 Å². The van der Waals surface area contributed by atoms with E-state index in [1.54, 1.807) is 0 Å². The van der Waals surface area contributed by atoms with E-state index in [1.807, 2.05) is 0 Å². The molecule has 0 saturated carbocycles. The number of azide groups is 1. The molecule has 0 heterocycles. The Morgan fingerprint density at radius 1 is 1.70 bits per heavy atom. The van der Waals surface area contributed by atoms with Crippen LogP contribution in [0.25, 0.3) is 10.4 Å². The normalized spacial score (nSPS) is 15.5. The molecule has 0 bridgehead atoms. The Hall–Kier alpha value is -0.770. The number of hydrogen-bond donors (Lipinski definition) is 2. The highest BCUT2D eigenvalue weighted by molar-refractivity contribution is 4.71. The predicted molar refractivity (Wildman–Crippen MR) is 36.3 cm³/mol. The fraction of sp³-hybridized carbons (Fsp3) is 1.00. The highest BCUT2D eigenvalue weighted by Crippen LogP contribution is 2.06. The summed E-state index contributed by atoms with van der Waals surface area (Å²) in [4.78, 5) is 2.51. The molecule has 0 aliphatic rings. The second-order valence-electron chi connectivity index (χ2n) is 2.36. The minimum absolute atomic E-state index is 0.212. The molecule has 0 fully saturated rings. The fourth-order valence-corrected chi connectivity index (χ4v) is 0.415. The van der Waals surface area contributed by atoms with Gasteiger partial charge in [0.2, 0.25) is 0 Å². The highest BCUT2D eigenvalue weighted by Gasteiger charge is 2.16. The third-order valence-electron chi connectivity index (χ3n) is 1.15. The van der Waals surface area contributed by atoms with Crippen molar-refractivity contribution in [3.63, 3.8) is 0 Å². The van der Waals surface area contributed by atoms with Crippen molar-refractivity contribution < 1.29 is 10.2 Å². The molecule has 2 N–H and O–H groups in total. The van der Waals surface area contributed by atoms with E-state index in [1.165, 1.54) is 6.92 Å². The topological polar surface area (TPSA) is 89.2 Å². The quantitative estimate of drug-likeness (QED) is 0.341. The van der Waals surface area contributed by atoms with Crippen molar-refractivity contribution in [3.05, 3.63) is 10.4 Å². The number of aliphatic hydroxyl groups excluding tert-OH is 1. The molecule has 5 nitrogen and oxygen atoms in total. The largest absolute Gasteiger partial charge is 0.393 e. The molecule has 5 heteroatoms. The highest BCUT2D eigenvalue weighted by atomic mass is 16.3. The van der Waals surface area contributed by atoms with Crippen LogP contribution in [0.1, 0.15) is 13.3 Å². The first-order valence-electron chi connectivity index (χ1n) is 2.96. The average molecular weight is 145 g/mol. The summed E-state index contributed by atoms with van der Waals surface area (Å²) in [6.45, 7) is 1.39. The van der Waals surface area contributed by atoms with E-state index >= 15 is 0 Å². The van der Waals surface area contributed by atoms with Gasteiger partial charge in [-0.25, -0.2) is 0 Å². The van der Waals surface area contributed by atoms with E-state index in [0.717, 1.165) is 0 Å². The first-order chi connectivity index (χ1) is 4.62. The average Bonchev–Trinajstić information content (AvgIpc) is 1.89. The van der Waals surface area contributed by atoms with Crippen LogP contribution in [0.2, 0.25) is 0 Å². The Morgan fingerprint density at radius 2 is 2.30 bits per heavy atom. The summed E-state index contributed by atoms with van der Waals surface area (Å²) in [5.74, 6) is 0. The summed E-state index contributed by atoms with van der Waals surface area (Å²) in [6, 6.07) is 0. The van der Waals surface area contributed by atoms with Crippen LogP contribution >= 0.6 is 0 Å². The van der Waals surface area contributed by atoms with Gasteiger partial charge in [0.25, 0.3) is 0 Å². The molecular formula is C5H11N3O2. The third kappa shape index (κ3) is 4.14. The fourth-order valence-electron chi connectivity index (χ4n) is 0.415. The molecule has 0 unspecified atom stereocenters. The zero-order valence-electron chi connectivity index (χ0n) is 5.86. The minimum atomic E-state index is -1.12. The second kappa shape index (κ2) is 4.11. The molecule has 0 aromatic rings. The summed E-state index contributed by atoms with van der Waals surface area (Å²) >= 11 is 0. The Balaban J connectivity index is 3.56. The van der Waals surface area contributed by atoms with E-state index < -0.39 is 5.60 Å². The van der Waals surface area contributed by atoms with Gasteiger partial charge in [-0.3, -0.25) is 0 Å². The van der Waals surface area contributed by atoms with Crippen molar-refractivity contribution in [2.24, 2.45) is 5.11 Å². The van der Waals surface area contributed by atoms with Gasteiger partial charge in [-0.2, -0.15) is 0 Å². The van der Waals surface area contributed by atoms with Gasteiger partial charge in [0.15, 0.2) is 0 Å². The smallest absolute Gasteiger partial charge is 0.0850 e. The molecule has 0 aromatic heterocycles. The molecule has 58 valence electrons. The Bertz CT molecular complexity index is 140. The van der Waals surface area contributed by atoms with Gasteiger partial charge in [0.05, 0.1) is 12.2 Å². The first-order valence-corrected chi connectivity index (χ1v) is 2.96. The Morgan fingerprint density at radius 3 is 2.70 bits per heavy atom. The lowest BCUT2D eigenvalue weighted by Crippen LogP contribution is -2.29. The summed E-state index contributed by atoms with van der Waals surface area (Å²) < 4.78 is 0. The van der Waals surface area contributed by atoms with E-state index in [-0.39, 0.29) is 19.6 Å². The van der Waals surface area contributed by atoms with E-state index in [2.05, 4.69) is 10.0 Å². The van der Waals surface area contributed by atoms with Gasteiger partial charge in [-0.15, -0.1) is 0 Å². The molecule has 0 rings (SSSR count). The lowest BCUT2D eigenvalue weighted by Gasteiger charge is -2.17. The summed E-state index contributed by atoms with van der Waals surface area (Å²) in [6.07, 6.45) is 0.285. The van der Waals surface area contributed by atoms with Crippen molar-refractivity contribution in [1.82, 2.24) is 0 Å². The number of nitrogens with zero attached hydrogens (tertiary/aromatic N) is 3. The van der Waals surface area contributed by atoms with Crippen molar-refractivity contribution >= 4 is 0 Å². The van der Waals surface area contributed by atoms with Crippen LogP contribution in [0, 0.1) is 0 Å². The zero-order valence-corrected chi connectivity index (χ0v) is 5.86. The van der Waals surface area contributed by atoms with E-state index in [9.17, 15) is 0 Å². The van der Waals surface area contributed by atoms with Crippen molar-refractivity contribution in [3.8, 4) is 0 Å². The standard InChI is InChI=1S/C5H11N3O2/c1-5(10,4-9)2-3-7-8-6/h9-10H,2-4H2,1H3/t5-/m0/s1. The van der Waals surface area contributed by atoms with Crippen LogP contribution in [0.5, 0.6) is 0 Å². The van der Waals surface area contributed by atoms with Crippen LogP contribution in [-0.2, 0) is 0 Å². The van der Waals surface area contributed by atoms with Gasteiger partial charge in [-0.1, -0.05) is 5.11 Å². The molecule has 0 aromatic carbocycles. The van der Waals surface area contributed by atoms with Crippen LogP contribution < -0.4 is 0 Å². The Labute approximate surface area is 58.9 Å².